The third-order valence-corrected chi connectivity index (χ3v) is 7.92. The van der Waals surface area contributed by atoms with Crippen LogP contribution in [-0.4, -0.2) is 42.2 Å². The molecule has 0 bridgehead atoms. The van der Waals surface area contributed by atoms with Crippen LogP contribution in [0.2, 0.25) is 0 Å². The number of hydrogen-bond acceptors (Lipinski definition) is 7. The number of sulfone groups is 1. The lowest BCUT2D eigenvalue weighted by Crippen LogP contribution is -2.31. The van der Waals surface area contributed by atoms with Crippen molar-refractivity contribution in [3.8, 4) is 17.2 Å². The van der Waals surface area contributed by atoms with Gasteiger partial charge in [-0.05, 0) is 35.7 Å². The molecule has 0 aliphatic heterocycles. The Labute approximate surface area is 185 Å². The average Bonchev–Trinajstić information content (AvgIpc) is 3.32. The molecule has 0 aliphatic carbocycles. The lowest BCUT2D eigenvalue weighted by atomic mass is 10.1. The second kappa shape index (κ2) is 9.84. The van der Waals surface area contributed by atoms with E-state index in [2.05, 4.69) is 5.32 Å². The minimum atomic E-state index is -3.71. The fourth-order valence-corrected chi connectivity index (χ4v) is 5.92. The molecule has 1 atom stereocenters. The molecule has 0 spiro atoms. The van der Waals surface area contributed by atoms with Crippen LogP contribution in [-0.2, 0) is 9.84 Å². The second-order valence-corrected chi connectivity index (χ2v) is 9.60. The van der Waals surface area contributed by atoms with Gasteiger partial charge in [-0.25, -0.2) is 8.42 Å². The Kier molecular flexibility index (Phi) is 7.19. The third kappa shape index (κ3) is 4.83. The first-order valence-electron chi connectivity index (χ1n) is 9.33. The summed E-state index contributed by atoms with van der Waals surface area (Å²) in [4.78, 5) is 13.7. The number of hydrogen-bond donors (Lipinski definition) is 1. The number of ether oxygens (including phenoxy) is 3. The lowest BCUT2D eigenvalue weighted by Gasteiger charge is -2.18. The van der Waals surface area contributed by atoms with E-state index in [4.69, 9.17) is 14.2 Å². The summed E-state index contributed by atoms with van der Waals surface area (Å²) in [5.74, 6) is 0.575. The van der Waals surface area contributed by atoms with E-state index < -0.39 is 21.0 Å². The molecule has 31 heavy (non-hydrogen) atoms. The van der Waals surface area contributed by atoms with Gasteiger partial charge >= 0.3 is 0 Å². The summed E-state index contributed by atoms with van der Waals surface area (Å²) in [5, 5.41) is 3.63. The van der Waals surface area contributed by atoms with Crippen LogP contribution in [0.4, 0.5) is 0 Å². The van der Waals surface area contributed by atoms with Crippen LogP contribution >= 0.6 is 11.3 Å². The molecule has 3 aromatic rings. The van der Waals surface area contributed by atoms with E-state index in [0.717, 1.165) is 0 Å². The highest BCUT2D eigenvalue weighted by atomic mass is 32.2. The molecule has 1 amide bonds. The van der Waals surface area contributed by atoms with Gasteiger partial charge in [0.05, 0.1) is 26.2 Å². The largest absolute Gasteiger partial charge is 0.493 e. The number of rotatable bonds is 9. The Bertz CT molecular complexity index is 1100. The lowest BCUT2D eigenvalue weighted by molar-refractivity contribution is 0.0953. The molecule has 0 aliphatic rings. The average molecular weight is 462 g/mol. The molecule has 0 unspecified atom stereocenters. The normalized spacial score (nSPS) is 12.1. The standard InChI is InChI=1S/C22H23NO6S2/c1-27-17-12-15(13-18(28-2)21(17)29-3)22(24)23-14-20(19-10-7-11-30-19)31(25,26)16-8-5-4-6-9-16/h4-13,20H,14H2,1-3H3,(H,23,24)/t20-/m1/s1. The molecule has 164 valence electrons. The number of amides is 1. The van der Waals surface area contributed by atoms with E-state index in [0.29, 0.717) is 22.1 Å². The molecule has 0 saturated carbocycles. The Morgan fingerprint density at radius 3 is 2.13 bits per heavy atom. The van der Waals surface area contributed by atoms with Crippen molar-refractivity contribution in [2.45, 2.75) is 10.1 Å². The molecule has 0 radical (unpaired) electrons. The fourth-order valence-electron chi connectivity index (χ4n) is 3.11. The molecular weight excluding hydrogens is 438 g/mol. The smallest absolute Gasteiger partial charge is 0.251 e. The number of methoxy groups -OCH3 is 3. The zero-order valence-electron chi connectivity index (χ0n) is 17.3. The van der Waals surface area contributed by atoms with Gasteiger partial charge in [-0.3, -0.25) is 4.79 Å². The van der Waals surface area contributed by atoms with Crippen molar-refractivity contribution in [3.63, 3.8) is 0 Å². The zero-order valence-corrected chi connectivity index (χ0v) is 19.0. The van der Waals surface area contributed by atoms with Gasteiger partial charge in [-0.1, -0.05) is 24.3 Å². The highest BCUT2D eigenvalue weighted by molar-refractivity contribution is 7.91. The first-order valence-corrected chi connectivity index (χ1v) is 11.8. The molecule has 9 heteroatoms. The molecule has 1 N–H and O–H groups in total. The molecule has 3 rings (SSSR count). The van der Waals surface area contributed by atoms with E-state index in [1.165, 1.54) is 44.8 Å². The van der Waals surface area contributed by atoms with Crippen molar-refractivity contribution >= 4 is 27.1 Å². The van der Waals surface area contributed by atoms with Gasteiger partial charge in [-0.15, -0.1) is 11.3 Å². The third-order valence-electron chi connectivity index (χ3n) is 4.68. The van der Waals surface area contributed by atoms with Crippen LogP contribution < -0.4 is 19.5 Å². The molecule has 7 nitrogen and oxygen atoms in total. The first-order chi connectivity index (χ1) is 14.9. The maximum absolute atomic E-state index is 13.3. The molecule has 1 aromatic heterocycles. The van der Waals surface area contributed by atoms with Crippen LogP contribution in [0.1, 0.15) is 20.5 Å². The summed E-state index contributed by atoms with van der Waals surface area (Å²) in [7, 11) is 0.674. The van der Waals surface area contributed by atoms with Crippen LogP contribution in [0.25, 0.3) is 0 Å². The maximum atomic E-state index is 13.3. The Morgan fingerprint density at radius 1 is 0.968 bits per heavy atom. The minimum absolute atomic E-state index is 0.0900. The number of benzene rings is 2. The molecule has 2 aromatic carbocycles. The van der Waals surface area contributed by atoms with Crippen molar-refractivity contribution < 1.29 is 27.4 Å². The number of carbonyl (C=O) groups excluding carboxylic acids is 1. The van der Waals surface area contributed by atoms with E-state index in [1.54, 1.807) is 42.5 Å². The van der Waals surface area contributed by atoms with Crippen molar-refractivity contribution in [1.29, 1.82) is 0 Å². The highest BCUT2D eigenvalue weighted by Crippen LogP contribution is 2.38. The van der Waals surface area contributed by atoms with Crippen molar-refractivity contribution in [2.24, 2.45) is 0 Å². The number of nitrogens with one attached hydrogen (secondary N) is 1. The number of carbonyl (C=O) groups is 1. The summed E-state index contributed by atoms with van der Waals surface area (Å²) in [5.41, 5.74) is 0.261. The summed E-state index contributed by atoms with van der Waals surface area (Å²) >= 11 is 1.33. The second-order valence-electron chi connectivity index (χ2n) is 6.49. The summed E-state index contributed by atoms with van der Waals surface area (Å²) < 4.78 is 42.4. The Hall–Kier alpha value is -3.04. The zero-order chi connectivity index (χ0) is 22.4. The van der Waals surface area contributed by atoms with Gasteiger partial charge in [0.25, 0.3) is 5.91 Å². The van der Waals surface area contributed by atoms with E-state index in [9.17, 15) is 13.2 Å². The molecular formula is C22H23NO6S2. The summed E-state index contributed by atoms with van der Waals surface area (Å²) in [6.07, 6.45) is 0. The first kappa shape index (κ1) is 22.6. The Morgan fingerprint density at radius 2 is 1.61 bits per heavy atom. The van der Waals surface area contributed by atoms with Crippen LogP contribution in [0.3, 0.4) is 0 Å². The van der Waals surface area contributed by atoms with Crippen molar-refractivity contribution in [2.75, 3.05) is 27.9 Å². The van der Waals surface area contributed by atoms with Gasteiger partial charge in [0.2, 0.25) is 5.75 Å². The fraction of sp³-hybridized carbons (Fsp3) is 0.227. The van der Waals surface area contributed by atoms with Gasteiger partial charge in [-0.2, -0.15) is 0 Å². The van der Waals surface area contributed by atoms with Crippen LogP contribution in [0, 0.1) is 0 Å². The summed E-state index contributed by atoms with van der Waals surface area (Å²) in [6.45, 7) is -0.0900. The monoisotopic (exact) mass is 461 g/mol. The van der Waals surface area contributed by atoms with Gasteiger partial charge in [0.1, 0.15) is 5.25 Å². The van der Waals surface area contributed by atoms with E-state index in [1.807, 2.05) is 5.38 Å². The molecule has 0 saturated heterocycles. The molecule has 1 heterocycles. The SMILES string of the molecule is COc1cc(C(=O)NC[C@H](c2cccs2)S(=O)(=O)c2ccccc2)cc(OC)c1OC. The van der Waals surface area contributed by atoms with Crippen molar-refractivity contribution in [1.82, 2.24) is 5.32 Å². The van der Waals surface area contributed by atoms with E-state index >= 15 is 0 Å². The minimum Gasteiger partial charge on any atom is -0.493 e. The predicted octanol–water partition coefficient (Wildman–Crippen LogP) is 3.72. The van der Waals surface area contributed by atoms with Crippen molar-refractivity contribution in [3.05, 3.63) is 70.4 Å². The molecule has 0 fully saturated rings. The quantitative estimate of drug-likeness (QED) is 0.522. The number of thiophene rings is 1. The summed E-state index contributed by atoms with van der Waals surface area (Å²) in [6, 6.07) is 14.8. The topological polar surface area (TPSA) is 90.9 Å². The predicted molar refractivity (Wildman–Crippen MR) is 119 cm³/mol. The van der Waals surface area contributed by atoms with E-state index in [-0.39, 0.29) is 17.0 Å². The van der Waals surface area contributed by atoms with Gasteiger partial charge in [0, 0.05) is 17.0 Å². The van der Waals surface area contributed by atoms with Gasteiger partial charge < -0.3 is 19.5 Å². The highest BCUT2D eigenvalue weighted by Gasteiger charge is 2.30. The van der Waals surface area contributed by atoms with Crippen LogP contribution in [0.15, 0.2) is 64.9 Å². The van der Waals surface area contributed by atoms with Gasteiger partial charge in [0.15, 0.2) is 21.3 Å². The van der Waals surface area contributed by atoms with Crippen LogP contribution in [0.5, 0.6) is 17.2 Å². The Balaban J connectivity index is 1.89. The maximum Gasteiger partial charge on any atom is 0.251 e.